The van der Waals surface area contributed by atoms with Crippen LogP contribution in [-0.4, -0.2) is 9.78 Å². The SMILES string of the molecule is Cn1cc(CC(N)c2c(F)cccc2F)cn1. The summed E-state index contributed by atoms with van der Waals surface area (Å²) in [6, 6.07) is 3.04. The van der Waals surface area contributed by atoms with E-state index in [-0.39, 0.29) is 5.56 Å². The number of aryl methyl sites for hydroxylation is 1. The Kier molecular flexibility index (Phi) is 3.19. The second kappa shape index (κ2) is 4.63. The molecule has 2 rings (SSSR count). The average Bonchev–Trinajstić information content (AvgIpc) is 2.63. The van der Waals surface area contributed by atoms with E-state index in [0.29, 0.717) is 6.42 Å². The Bertz CT molecular complexity index is 502. The molecule has 2 N–H and O–H groups in total. The fraction of sp³-hybridized carbons (Fsp3) is 0.250. The third-order valence-electron chi connectivity index (χ3n) is 2.58. The van der Waals surface area contributed by atoms with Crippen LogP contribution in [-0.2, 0) is 13.5 Å². The van der Waals surface area contributed by atoms with Gasteiger partial charge in [-0.2, -0.15) is 5.10 Å². The number of hydrogen-bond acceptors (Lipinski definition) is 2. The number of rotatable bonds is 3. The number of nitrogens with zero attached hydrogens (tertiary/aromatic N) is 2. The van der Waals surface area contributed by atoms with E-state index < -0.39 is 17.7 Å². The number of halogens is 2. The van der Waals surface area contributed by atoms with E-state index in [1.165, 1.54) is 18.2 Å². The number of hydrogen-bond donors (Lipinski definition) is 1. The third-order valence-corrected chi connectivity index (χ3v) is 2.58. The first-order chi connectivity index (χ1) is 8.08. The highest BCUT2D eigenvalue weighted by molar-refractivity contribution is 5.24. The summed E-state index contributed by atoms with van der Waals surface area (Å²) in [5.74, 6) is -1.22. The topological polar surface area (TPSA) is 43.8 Å². The third kappa shape index (κ3) is 2.50. The van der Waals surface area contributed by atoms with Crippen LogP contribution in [0.4, 0.5) is 8.78 Å². The molecule has 1 aromatic heterocycles. The van der Waals surface area contributed by atoms with E-state index >= 15 is 0 Å². The summed E-state index contributed by atoms with van der Waals surface area (Å²) in [4.78, 5) is 0. The van der Waals surface area contributed by atoms with Crippen LogP contribution in [0.15, 0.2) is 30.6 Å². The Balaban J connectivity index is 2.22. The van der Waals surface area contributed by atoms with Crippen LogP contribution in [0, 0.1) is 11.6 Å². The van der Waals surface area contributed by atoms with E-state index in [0.717, 1.165) is 5.56 Å². The summed E-state index contributed by atoms with van der Waals surface area (Å²) < 4.78 is 28.6. The molecule has 0 aliphatic carbocycles. The highest BCUT2D eigenvalue weighted by Gasteiger charge is 2.17. The molecule has 5 heteroatoms. The van der Waals surface area contributed by atoms with Gasteiger partial charge in [-0.1, -0.05) is 6.07 Å². The molecule has 0 amide bonds. The van der Waals surface area contributed by atoms with Crippen molar-refractivity contribution in [2.45, 2.75) is 12.5 Å². The van der Waals surface area contributed by atoms with Crippen LogP contribution in [0.1, 0.15) is 17.2 Å². The normalized spacial score (nSPS) is 12.7. The van der Waals surface area contributed by atoms with Gasteiger partial charge in [-0.25, -0.2) is 8.78 Å². The van der Waals surface area contributed by atoms with Crippen molar-refractivity contribution in [1.29, 1.82) is 0 Å². The van der Waals surface area contributed by atoms with Gasteiger partial charge >= 0.3 is 0 Å². The monoisotopic (exact) mass is 237 g/mol. The zero-order valence-corrected chi connectivity index (χ0v) is 9.40. The average molecular weight is 237 g/mol. The van der Waals surface area contributed by atoms with Crippen molar-refractivity contribution in [3.05, 3.63) is 53.4 Å². The van der Waals surface area contributed by atoms with Gasteiger partial charge in [-0.3, -0.25) is 4.68 Å². The molecule has 1 unspecified atom stereocenters. The van der Waals surface area contributed by atoms with Gasteiger partial charge in [-0.05, 0) is 24.1 Å². The van der Waals surface area contributed by atoms with E-state index in [1.54, 1.807) is 24.1 Å². The second-order valence-corrected chi connectivity index (χ2v) is 3.97. The van der Waals surface area contributed by atoms with Crippen LogP contribution >= 0.6 is 0 Å². The van der Waals surface area contributed by atoms with Gasteiger partial charge < -0.3 is 5.73 Å². The molecule has 2 aromatic rings. The van der Waals surface area contributed by atoms with Gasteiger partial charge in [0.2, 0.25) is 0 Å². The first-order valence-corrected chi connectivity index (χ1v) is 5.25. The van der Waals surface area contributed by atoms with E-state index in [4.69, 9.17) is 5.73 Å². The predicted molar refractivity (Wildman–Crippen MR) is 60.2 cm³/mol. The van der Waals surface area contributed by atoms with E-state index in [2.05, 4.69) is 5.10 Å². The van der Waals surface area contributed by atoms with Crippen molar-refractivity contribution in [1.82, 2.24) is 9.78 Å². The Hall–Kier alpha value is -1.75. The lowest BCUT2D eigenvalue weighted by Gasteiger charge is -2.12. The van der Waals surface area contributed by atoms with Crippen LogP contribution in [0.5, 0.6) is 0 Å². The van der Waals surface area contributed by atoms with Crippen LogP contribution in [0.2, 0.25) is 0 Å². The molecule has 90 valence electrons. The predicted octanol–water partition coefficient (Wildman–Crippen LogP) is 1.94. The summed E-state index contributed by atoms with van der Waals surface area (Å²) in [5, 5.41) is 3.98. The molecular weight excluding hydrogens is 224 g/mol. The van der Waals surface area contributed by atoms with Crippen molar-refractivity contribution in [3.8, 4) is 0 Å². The maximum atomic E-state index is 13.5. The van der Waals surface area contributed by atoms with Gasteiger partial charge in [0, 0.05) is 24.8 Å². The fourth-order valence-corrected chi connectivity index (χ4v) is 1.80. The van der Waals surface area contributed by atoms with E-state index in [1.807, 2.05) is 0 Å². The Labute approximate surface area is 97.9 Å². The minimum absolute atomic E-state index is 0.0728. The quantitative estimate of drug-likeness (QED) is 0.886. The molecule has 0 spiro atoms. The Morgan fingerprint density at radius 1 is 1.35 bits per heavy atom. The summed E-state index contributed by atoms with van der Waals surface area (Å²) in [5.41, 5.74) is 6.60. The molecule has 1 atom stereocenters. The number of nitrogens with two attached hydrogens (primary N) is 1. The Morgan fingerprint density at radius 3 is 2.53 bits per heavy atom. The number of benzene rings is 1. The first-order valence-electron chi connectivity index (χ1n) is 5.25. The highest BCUT2D eigenvalue weighted by Crippen LogP contribution is 2.21. The molecule has 0 saturated heterocycles. The lowest BCUT2D eigenvalue weighted by molar-refractivity contribution is 0.524. The van der Waals surface area contributed by atoms with Crippen molar-refractivity contribution < 1.29 is 8.78 Å². The van der Waals surface area contributed by atoms with Crippen LogP contribution in [0.25, 0.3) is 0 Å². The maximum Gasteiger partial charge on any atom is 0.130 e. The maximum absolute atomic E-state index is 13.5. The Morgan fingerprint density at radius 2 is 2.00 bits per heavy atom. The fourth-order valence-electron chi connectivity index (χ4n) is 1.80. The summed E-state index contributed by atoms with van der Waals surface area (Å²) >= 11 is 0. The molecule has 0 bridgehead atoms. The summed E-state index contributed by atoms with van der Waals surface area (Å²) in [6.45, 7) is 0. The first kappa shape index (κ1) is 11.7. The molecule has 0 saturated carbocycles. The minimum atomic E-state index is -0.708. The van der Waals surface area contributed by atoms with Gasteiger partial charge in [0.15, 0.2) is 0 Å². The van der Waals surface area contributed by atoms with Crippen molar-refractivity contribution in [3.63, 3.8) is 0 Å². The lowest BCUT2D eigenvalue weighted by Crippen LogP contribution is -2.16. The van der Waals surface area contributed by atoms with Crippen molar-refractivity contribution in [2.75, 3.05) is 0 Å². The van der Waals surface area contributed by atoms with Crippen molar-refractivity contribution >= 4 is 0 Å². The van der Waals surface area contributed by atoms with Crippen molar-refractivity contribution in [2.24, 2.45) is 12.8 Å². The van der Waals surface area contributed by atoms with Gasteiger partial charge in [-0.15, -0.1) is 0 Å². The summed E-state index contributed by atoms with van der Waals surface area (Å²) in [7, 11) is 1.78. The number of aromatic nitrogens is 2. The van der Waals surface area contributed by atoms with Gasteiger partial charge in [0.25, 0.3) is 0 Å². The minimum Gasteiger partial charge on any atom is -0.323 e. The molecule has 0 radical (unpaired) electrons. The molecule has 0 aliphatic heterocycles. The van der Waals surface area contributed by atoms with Gasteiger partial charge in [0.1, 0.15) is 11.6 Å². The molecular formula is C12H13F2N3. The molecule has 3 nitrogen and oxygen atoms in total. The van der Waals surface area contributed by atoms with Crippen LogP contribution < -0.4 is 5.73 Å². The smallest absolute Gasteiger partial charge is 0.130 e. The van der Waals surface area contributed by atoms with E-state index in [9.17, 15) is 8.78 Å². The zero-order valence-electron chi connectivity index (χ0n) is 9.40. The molecule has 0 aliphatic rings. The van der Waals surface area contributed by atoms with Crippen LogP contribution in [0.3, 0.4) is 0 Å². The second-order valence-electron chi connectivity index (χ2n) is 3.97. The molecule has 1 heterocycles. The van der Waals surface area contributed by atoms with Gasteiger partial charge in [0.05, 0.1) is 6.20 Å². The molecule has 0 fully saturated rings. The standard InChI is InChI=1S/C12H13F2N3/c1-17-7-8(6-16-17)5-11(15)12-9(13)3-2-4-10(12)14/h2-4,6-7,11H,5,15H2,1H3. The lowest BCUT2D eigenvalue weighted by atomic mass is 10.0. The highest BCUT2D eigenvalue weighted by atomic mass is 19.1. The molecule has 17 heavy (non-hydrogen) atoms. The summed E-state index contributed by atoms with van der Waals surface area (Å²) in [6.07, 6.45) is 3.77. The zero-order chi connectivity index (χ0) is 12.4. The largest absolute Gasteiger partial charge is 0.323 e. The molecule has 1 aromatic carbocycles.